The van der Waals surface area contributed by atoms with Crippen LogP contribution in [0.4, 0.5) is 0 Å². The molecule has 18 N–H and O–H groups in total. The van der Waals surface area contributed by atoms with Crippen molar-refractivity contribution in [3.8, 4) is 0 Å². The van der Waals surface area contributed by atoms with E-state index in [-0.39, 0.29) is 42.5 Å². The number of nitrogens with one attached hydrogen (secondary N) is 1. The zero-order chi connectivity index (χ0) is 86.1. The molecule has 0 spiro atoms. The molecule has 5 aliphatic carbocycles. The molecule has 38 heteroatoms. The van der Waals surface area contributed by atoms with Crippen molar-refractivity contribution in [1.82, 2.24) is 5.32 Å². The number of carbonyl (C=O) groups excluding carboxylic acids is 3. The second kappa shape index (κ2) is 39.9. The number of carboxylic acids is 1. The van der Waals surface area contributed by atoms with Crippen LogP contribution >= 0.6 is 11.8 Å². The lowest BCUT2D eigenvalue weighted by molar-refractivity contribution is -0.413. The summed E-state index contributed by atoms with van der Waals surface area (Å²) < 4.78 is 91.1. The minimum Gasteiger partial charge on any atom is -0.480 e. The minimum absolute atomic E-state index is 0.0297. The minimum atomic E-state index is -2.33. The summed E-state index contributed by atoms with van der Waals surface area (Å²) in [6.07, 6.45) is -38.5. The van der Waals surface area contributed by atoms with E-state index >= 15 is 4.79 Å². The SMILES string of the molecule is CCCCCCCCOCCOCC(O)CSCC(NC(=O)C(OC(O[C@H]1CC[C@@]2(C)C(CC[C@]3(C)C2CC=C2C4CC(C)(C)CC[C@]4(C(=O)OC4OC5OC5C(O)C4OC4OC(C)C(O)C(O)C4OC4OC(CO)C(O)C(O)C4O)CC[C@]23C)[C@]1(C)C=O)C(OC1OCC(O)C(O)C1O)OC1OC(CO)C(O)C(O)C1O)C(C)O)C(=O)O. The third-order valence-corrected chi connectivity index (χ3v) is 29.1. The van der Waals surface area contributed by atoms with E-state index in [0.29, 0.717) is 71.0 Å². The number of hydrogen-bond acceptors (Lipinski definition) is 36. The standard InChI is InChI=1S/C80H131NO36S/c1-10-11-12-13-14-15-26-103-27-28-104-32-39(86)34-118-35-42(65(100)101)81-64(99)60(37(2)85)110-72(73(114-66-56(95)50(89)43(87)33-105-66)115-68-58(97)54(93)52(91)45(31-83)108-68)109-48-19-20-76(6)46(77(48,7)36-84)18-21-79(9)47(76)17-16-40-41-29-75(4,5)22-24-80(41,25-23-78(40,79)8)74(102)117-71-63(59(98)62-70(113-62)116-71)112-69-61(55(94)49(88)38(3)106-69)111-67-57(96)53(92)51(90)44(30-82)107-67/h16,36-39,41-63,66-73,82-83,85-98H,10-15,17-35H2,1-9H3,(H,81,99)(H,100,101)/t37?,38?,39?,41?,42?,43?,44?,45?,46?,47?,48-,49?,50?,51?,52?,53?,54?,55?,56?,57?,58?,59?,60?,61?,62?,63?,66?,67?,68?,69?,70?,71?,72?,73?,76-,77-,78+,79+,80-/m0/s1. The fraction of sp³-hybridized carbons (Fsp3) is 0.925. The highest BCUT2D eigenvalue weighted by molar-refractivity contribution is 7.99. The molecule has 6 heterocycles. The molecule has 10 fully saturated rings. The van der Waals surface area contributed by atoms with Gasteiger partial charge >= 0.3 is 11.9 Å². The predicted octanol–water partition coefficient (Wildman–Crippen LogP) is -1.88. The Hall–Kier alpha value is -3.03. The van der Waals surface area contributed by atoms with E-state index in [4.69, 9.17) is 71.1 Å². The Bertz CT molecular complexity index is 3310. The number of carbonyl (C=O) groups is 4. The summed E-state index contributed by atoms with van der Waals surface area (Å²) in [5, 5.41) is 189. The van der Waals surface area contributed by atoms with E-state index in [1.165, 1.54) is 19.8 Å². The third kappa shape index (κ3) is 19.9. The van der Waals surface area contributed by atoms with Crippen molar-refractivity contribution >= 4 is 35.9 Å². The van der Waals surface area contributed by atoms with Gasteiger partial charge in [-0.25, -0.2) is 4.79 Å². The number of rotatable bonds is 38. The van der Waals surface area contributed by atoms with Crippen LogP contribution in [0.1, 0.15) is 165 Å². The van der Waals surface area contributed by atoms with Gasteiger partial charge in [-0.15, -0.1) is 0 Å². The number of amides is 1. The van der Waals surface area contributed by atoms with Gasteiger partial charge in [-0.1, -0.05) is 92.2 Å². The van der Waals surface area contributed by atoms with Crippen LogP contribution in [0.2, 0.25) is 0 Å². The number of fused-ring (bicyclic) bond motifs is 8. The Kier molecular flexibility index (Phi) is 32.3. The monoisotopic (exact) mass is 1710 g/mol. The van der Waals surface area contributed by atoms with Gasteiger partial charge in [0.1, 0.15) is 110 Å². The number of ether oxygens (including phenoxy) is 15. The Labute approximate surface area is 690 Å². The van der Waals surface area contributed by atoms with Crippen LogP contribution in [-0.4, -0.2) is 359 Å². The number of aliphatic hydroxyl groups excluding tert-OH is 16. The van der Waals surface area contributed by atoms with Crippen LogP contribution in [0.5, 0.6) is 0 Å². The van der Waals surface area contributed by atoms with Gasteiger partial charge in [0, 0.05) is 18.1 Å². The van der Waals surface area contributed by atoms with E-state index in [0.717, 1.165) is 56.2 Å². The molecule has 0 bridgehead atoms. The first kappa shape index (κ1) is 95.6. The summed E-state index contributed by atoms with van der Waals surface area (Å²) >= 11 is 0.970. The maximum Gasteiger partial charge on any atom is 0.327 e. The maximum atomic E-state index is 15.8. The number of epoxide rings is 1. The van der Waals surface area contributed by atoms with E-state index in [9.17, 15) is 101 Å². The highest BCUT2D eigenvalue weighted by Gasteiger charge is 2.72. The molecule has 11 rings (SSSR count). The molecule has 33 unspecified atom stereocenters. The van der Waals surface area contributed by atoms with E-state index < -0.39 is 267 Å². The highest BCUT2D eigenvalue weighted by Crippen LogP contribution is 2.76. The molecule has 118 heavy (non-hydrogen) atoms. The number of hydrogen-bond donors (Lipinski definition) is 18. The van der Waals surface area contributed by atoms with Gasteiger partial charge < -0.3 is 168 Å². The third-order valence-electron chi connectivity index (χ3n) is 28.0. The molecule has 0 aromatic heterocycles. The summed E-state index contributed by atoms with van der Waals surface area (Å²) in [6.45, 7) is 15.9. The molecule has 39 atom stereocenters. The summed E-state index contributed by atoms with van der Waals surface area (Å²) in [5.41, 5.74) is -3.80. The number of carboxylic acid groups (broad SMARTS) is 1. The number of unbranched alkanes of at least 4 members (excludes halogenated alkanes) is 5. The van der Waals surface area contributed by atoms with Crippen LogP contribution < -0.4 is 5.32 Å². The normalized spacial score (nSPS) is 44.9. The number of aliphatic hydroxyl groups is 16. The predicted molar refractivity (Wildman–Crippen MR) is 406 cm³/mol. The largest absolute Gasteiger partial charge is 0.480 e. The van der Waals surface area contributed by atoms with Gasteiger partial charge in [-0.3, -0.25) is 9.59 Å². The van der Waals surface area contributed by atoms with Crippen LogP contribution in [0.25, 0.3) is 0 Å². The fourth-order valence-electron chi connectivity index (χ4n) is 20.5. The first-order valence-electron chi connectivity index (χ1n) is 42.0. The number of allylic oxidation sites excluding steroid dienone is 2. The zero-order valence-corrected chi connectivity index (χ0v) is 69.5. The van der Waals surface area contributed by atoms with Gasteiger partial charge in [0.2, 0.25) is 18.9 Å². The van der Waals surface area contributed by atoms with Crippen molar-refractivity contribution in [3.63, 3.8) is 0 Å². The second-order valence-corrected chi connectivity index (χ2v) is 37.4. The quantitative estimate of drug-likeness (QED) is 0.00803. The lowest BCUT2D eigenvalue weighted by Gasteiger charge is -2.71. The van der Waals surface area contributed by atoms with Crippen molar-refractivity contribution < 1.29 is 177 Å². The van der Waals surface area contributed by atoms with Crippen molar-refractivity contribution in [2.75, 3.05) is 57.8 Å². The summed E-state index contributed by atoms with van der Waals surface area (Å²) in [4.78, 5) is 58.1. The maximum absolute atomic E-state index is 15.8. The average molecular weight is 1710 g/mol. The molecule has 678 valence electrons. The molecule has 11 aliphatic rings. The van der Waals surface area contributed by atoms with Crippen LogP contribution in [0.3, 0.4) is 0 Å². The van der Waals surface area contributed by atoms with Crippen LogP contribution in [0.15, 0.2) is 11.6 Å². The Morgan fingerprint density at radius 2 is 1.25 bits per heavy atom. The van der Waals surface area contributed by atoms with E-state index in [2.05, 4.69) is 52.9 Å². The summed E-state index contributed by atoms with van der Waals surface area (Å²) in [6, 6.07) is -1.70. The van der Waals surface area contributed by atoms with Crippen molar-refractivity contribution in [2.24, 2.45) is 50.2 Å². The summed E-state index contributed by atoms with van der Waals surface area (Å²) in [7, 11) is 0. The van der Waals surface area contributed by atoms with E-state index in [1.54, 1.807) is 6.92 Å². The first-order chi connectivity index (χ1) is 55.8. The van der Waals surface area contributed by atoms with Crippen molar-refractivity contribution in [2.45, 2.75) is 356 Å². The summed E-state index contributed by atoms with van der Waals surface area (Å²) in [5.74, 6) is -4.88. The number of aliphatic carboxylic acids is 1. The molecule has 4 saturated carbocycles. The van der Waals surface area contributed by atoms with Gasteiger partial charge in [0.15, 0.2) is 43.7 Å². The molecule has 6 saturated heterocycles. The molecule has 6 aliphatic heterocycles. The molecule has 0 aromatic rings. The lowest BCUT2D eigenvalue weighted by Crippen LogP contribution is -2.66. The lowest BCUT2D eigenvalue weighted by atomic mass is 9.33. The van der Waals surface area contributed by atoms with Crippen LogP contribution in [0, 0.1) is 50.2 Å². The van der Waals surface area contributed by atoms with Gasteiger partial charge in [-0.2, -0.15) is 11.8 Å². The van der Waals surface area contributed by atoms with Gasteiger partial charge in [0.25, 0.3) is 5.91 Å². The fourth-order valence-corrected chi connectivity index (χ4v) is 21.5. The first-order valence-corrected chi connectivity index (χ1v) is 43.1. The topological polar surface area (TPSA) is 566 Å². The molecule has 1 amide bonds. The molecular formula is C80H131NO36S. The number of thioether (sulfide) groups is 1. The van der Waals surface area contributed by atoms with E-state index in [1.807, 2.05) is 0 Å². The van der Waals surface area contributed by atoms with Gasteiger partial charge in [0.05, 0.1) is 74.9 Å². The van der Waals surface area contributed by atoms with Gasteiger partial charge in [-0.05, 0) is 124 Å². The average Bonchev–Trinajstić information content (AvgIpc) is 1.67. The molecule has 0 radical (unpaired) electrons. The Morgan fingerprint density at radius 1 is 0.627 bits per heavy atom. The molecule has 37 nitrogen and oxygen atoms in total. The number of esters is 1. The second-order valence-electron chi connectivity index (χ2n) is 36.3. The van der Waals surface area contributed by atoms with Crippen LogP contribution in [-0.2, 0) is 90.2 Å². The number of aldehydes is 1. The zero-order valence-electron chi connectivity index (χ0n) is 68.7. The molecule has 0 aromatic carbocycles. The van der Waals surface area contributed by atoms with Crippen molar-refractivity contribution in [3.05, 3.63) is 11.6 Å². The highest BCUT2D eigenvalue weighted by atomic mass is 32.2. The Balaban J connectivity index is 0.842. The Morgan fingerprint density at radius 3 is 1.92 bits per heavy atom. The van der Waals surface area contributed by atoms with Crippen molar-refractivity contribution in [1.29, 1.82) is 0 Å². The molecular weight excluding hydrogens is 1580 g/mol. The smallest absolute Gasteiger partial charge is 0.327 e.